The van der Waals surface area contributed by atoms with E-state index in [-0.39, 0.29) is 20.7 Å². The van der Waals surface area contributed by atoms with E-state index in [2.05, 4.69) is 9.27 Å². The summed E-state index contributed by atoms with van der Waals surface area (Å²) in [6.45, 7) is 0. The molecule has 2 aromatic rings. The summed E-state index contributed by atoms with van der Waals surface area (Å²) in [6, 6.07) is 6.15. The normalized spacial score (nSPS) is 10.3. The third kappa shape index (κ3) is 1.26. The van der Waals surface area contributed by atoms with Crippen LogP contribution >= 0.6 is 0 Å². The molecule has 0 radical (unpaired) electrons. The molecular weight excluding hydrogens is 254 g/mol. The van der Waals surface area contributed by atoms with E-state index >= 15 is 0 Å². The van der Waals surface area contributed by atoms with E-state index in [1.807, 2.05) is 18.3 Å². The molecular formula is C8H7NOTe. The number of rotatable bonds is 1. The van der Waals surface area contributed by atoms with Crippen molar-refractivity contribution in [2.75, 3.05) is 7.11 Å². The van der Waals surface area contributed by atoms with Crippen LogP contribution in [0.4, 0.5) is 0 Å². The molecule has 2 nitrogen and oxygen atoms in total. The molecule has 1 aromatic heterocycles. The molecule has 0 amide bonds. The fraction of sp³-hybridized carbons (Fsp3) is 0.125. The van der Waals surface area contributed by atoms with Gasteiger partial charge in [0.25, 0.3) is 0 Å². The average molecular weight is 261 g/mol. The van der Waals surface area contributed by atoms with Gasteiger partial charge in [-0.1, -0.05) is 0 Å². The third-order valence-corrected chi connectivity index (χ3v) is 3.78. The summed E-state index contributed by atoms with van der Waals surface area (Å²) in [4.78, 5) is 0. The molecule has 0 atom stereocenters. The predicted octanol–water partition coefficient (Wildman–Crippen LogP) is 1.30. The second-order valence-corrected chi connectivity index (χ2v) is 4.61. The predicted molar refractivity (Wildman–Crippen MR) is 45.2 cm³/mol. The maximum absolute atomic E-state index is 5.09. The number of hydrogen-bond acceptors (Lipinski definition) is 2. The molecule has 0 aliphatic heterocycles. The molecule has 0 bridgehead atoms. The summed E-state index contributed by atoms with van der Waals surface area (Å²) in [5.74, 6) is 0.921. The Morgan fingerprint density at radius 1 is 1.45 bits per heavy atom. The first-order chi connectivity index (χ1) is 5.40. The van der Waals surface area contributed by atoms with Crippen LogP contribution in [0.15, 0.2) is 24.4 Å². The second-order valence-electron chi connectivity index (χ2n) is 2.23. The standard InChI is InChI=1S/C8H7NOTe/c1-10-7-2-3-8-6(4-7)5-9-11-8/h2-5H,1H3. The number of methoxy groups -OCH3 is 1. The maximum atomic E-state index is 5.09. The van der Waals surface area contributed by atoms with Crippen LogP contribution in [-0.4, -0.2) is 31.0 Å². The minimum absolute atomic E-state index is 0.245. The number of fused-ring (bicyclic) bond motifs is 1. The fourth-order valence-corrected chi connectivity index (χ4v) is 2.76. The van der Waals surface area contributed by atoms with Gasteiger partial charge in [-0.3, -0.25) is 0 Å². The number of hydrogen-bond donors (Lipinski definition) is 0. The van der Waals surface area contributed by atoms with Gasteiger partial charge in [0.05, 0.1) is 0 Å². The Bertz CT molecular complexity index is 369. The van der Waals surface area contributed by atoms with Crippen LogP contribution in [0.2, 0.25) is 0 Å². The number of nitrogens with zero attached hydrogens (tertiary/aromatic N) is 1. The van der Waals surface area contributed by atoms with Crippen molar-refractivity contribution in [2.24, 2.45) is 0 Å². The monoisotopic (exact) mass is 263 g/mol. The summed E-state index contributed by atoms with van der Waals surface area (Å²) in [5.41, 5.74) is 0. The summed E-state index contributed by atoms with van der Waals surface area (Å²) < 4.78 is 10.8. The first-order valence-electron chi connectivity index (χ1n) is 3.28. The van der Waals surface area contributed by atoms with Gasteiger partial charge in [0.2, 0.25) is 0 Å². The molecule has 0 spiro atoms. The Balaban J connectivity index is 2.67. The first kappa shape index (κ1) is 7.15. The Hall–Kier alpha value is -0.520. The zero-order valence-electron chi connectivity index (χ0n) is 6.07. The zero-order valence-corrected chi connectivity index (χ0v) is 8.40. The molecule has 2 rings (SSSR count). The summed E-state index contributed by atoms with van der Waals surface area (Å²) >= 11 is -0.245. The second kappa shape index (κ2) is 2.84. The average Bonchev–Trinajstić information content (AvgIpc) is 2.50. The Kier molecular flexibility index (Phi) is 1.85. The molecule has 0 N–H and O–H groups in total. The van der Waals surface area contributed by atoms with E-state index in [1.165, 1.54) is 8.79 Å². The van der Waals surface area contributed by atoms with Gasteiger partial charge in [0.15, 0.2) is 0 Å². The van der Waals surface area contributed by atoms with Crippen LogP contribution in [0.5, 0.6) is 5.75 Å². The van der Waals surface area contributed by atoms with Crippen molar-refractivity contribution in [3.63, 3.8) is 0 Å². The zero-order chi connectivity index (χ0) is 7.68. The molecule has 1 aromatic carbocycles. The molecule has 3 heteroatoms. The van der Waals surface area contributed by atoms with Crippen LogP contribution in [-0.2, 0) is 0 Å². The van der Waals surface area contributed by atoms with Crippen LogP contribution in [0.1, 0.15) is 0 Å². The topological polar surface area (TPSA) is 22.1 Å². The quantitative estimate of drug-likeness (QED) is 0.721. The van der Waals surface area contributed by atoms with Gasteiger partial charge in [0.1, 0.15) is 0 Å². The molecule has 0 aliphatic rings. The minimum atomic E-state index is -0.245. The SMILES string of the molecule is COc1ccc2[te]ncc2c1. The molecule has 56 valence electrons. The summed E-state index contributed by atoms with van der Waals surface area (Å²) in [6.07, 6.45) is 1.94. The van der Waals surface area contributed by atoms with Gasteiger partial charge >= 0.3 is 74.7 Å². The molecule has 0 unspecified atom stereocenters. The van der Waals surface area contributed by atoms with Crippen molar-refractivity contribution in [2.45, 2.75) is 0 Å². The van der Waals surface area contributed by atoms with Gasteiger partial charge in [-0.25, -0.2) is 0 Å². The van der Waals surface area contributed by atoms with Crippen molar-refractivity contribution < 1.29 is 4.74 Å². The number of aromatic nitrogens is 1. The van der Waals surface area contributed by atoms with Crippen LogP contribution < -0.4 is 4.74 Å². The van der Waals surface area contributed by atoms with Gasteiger partial charge in [-0.2, -0.15) is 0 Å². The van der Waals surface area contributed by atoms with E-state index in [1.54, 1.807) is 7.11 Å². The molecule has 0 saturated heterocycles. The van der Waals surface area contributed by atoms with Gasteiger partial charge in [-0.15, -0.1) is 0 Å². The van der Waals surface area contributed by atoms with Crippen molar-refractivity contribution in [1.82, 2.24) is 3.21 Å². The van der Waals surface area contributed by atoms with Gasteiger partial charge < -0.3 is 0 Å². The molecule has 0 fully saturated rings. The van der Waals surface area contributed by atoms with Crippen molar-refractivity contribution >= 4 is 29.5 Å². The van der Waals surface area contributed by atoms with E-state index in [4.69, 9.17) is 4.74 Å². The number of ether oxygens (including phenoxy) is 1. The molecule has 0 saturated carbocycles. The van der Waals surface area contributed by atoms with Crippen LogP contribution in [0, 0.1) is 0 Å². The molecule has 0 aliphatic carbocycles. The molecule has 11 heavy (non-hydrogen) atoms. The Morgan fingerprint density at radius 3 is 3.18 bits per heavy atom. The van der Waals surface area contributed by atoms with Crippen LogP contribution in [0.25, 0.3) is 8.79 Å². The Labute approximate surface area is 74.8 Å². The van der Waals surface area contributed by atoms with Crippen molar-refractivity contribution in [3.8, 4) is 5.75 Å². The number of benzene rings is 1. The van der Waals surface area contributed by atoms with Gasteiger partial charge in [0, 0.05) is 0 Å². The van der Waals surface area contributed by atoms with Crippen molar-refractivity contribution in [3.05, 3.63) is 24.4 Å². The fourth-order valence-electron chi connectivity index (χ4n) is 0.977. The molecule has 1 heterocycles. The third-order valence-electron chi connectivity index (χ3n) is 1.56. The van der Waals surface area contributed by atoms with Gasteiger partial charge in [-0.05, 0) is 0 Å². The van der Waals surface area contributed by atoms with E-state index in [0.29, 0.717) is 0 Å². The van der Waals surface area contributed by atoms with E-state index in [0.717, 1.165) is 5.75 Å². The Morgan fingerprint density at radius 2 is 2.36 bits per heavy atom. The van der Waals surface area contributed by atoms with Crippen molar-refractivity contribution in [1.29, 1.82) is 0 Å². The van der Waals surface area contributed by atoms with E-state index in [9.17, 15) is 0 Å². The van der Waals surface area contributed by atoms with Crippen LogP contribution in [0.3, 0.4) is 0 Å². The van der Waals surface area contributed by atoms with E-state index < -0.39 is 0 Å². The summed E-state index contributed by atoms with van der Waals surface area (Å²) in [5, 5.41) is 1.24. The first-order valence-corrected chi connectivity index (χ1v) is 5.49. The summed E-state index contributed by atoms with van der Waals surface area (Å²) in [7, 11) is 1.69.